The van der Waals surface area contributed by atoms with E-state index in [2.05, 4.69) is 131 Å². The van der Waals surface area contributed by atoms with Gasteiger partial charge in [0.25, 0.3) is 0 Å². The largest absolute Gasteiger partial charge is 0.497 e. The zero-order valence-corrected chi connectivity index (χ0v) is 25.0. The number of rotatable bonds is 8. The first-order valence-electron chi connectivity index (χ1n) is 14.7. The molecule has 5 nitrogen and oxygen atoms in total. The van der Waals surface area contributed by atoms with Gasteiger partial charge in [0.05, 0.1) is 14.2 Å². The standard InChI is InChI=1S/C39H33N3O2/c1-40-38-24-18-32(41(28-10-6-4-7-11-28)30-14-20-34(43-2)21-15-30)26-36(38)37-27-33(19-25-39(37)40)42(29-12-8-5-9-13-29)31-16-22-35(44-3)23-17-31/h4-27H,1-3H3. The van der Waals surface area contributed by atoms with Gasteiger partial charge < -0.3 is 23.8 Å². The number of nitrogens with zero attached hydrogens (tertiary/aromatic N) is 3. The van der Waals surface area contributed by atoms with Crippen LogP contribution in [0.1, 0.15) is 0 Å². The van der Waals surface area contributed by atoms with Gasteiger partial charge in [-0.1, -0.05) is 36.4 Å². The molecule has 0 aliphatic carbocycles. The molecule has 0 N–H and O–H groups in total. The number of hydrogen-bond donors (Lipinski definition) is 0. The van der Waals surface area contributed by atoms with Gasteiger partial charge in [0.2, 0.25) is 0 Å². The highest BCUT2D eigenvalue weighted by molar-refractivity contribution is 6.11. The summed E-state index contributed by atoms with van der Waals surface area (Å²) in [6, 6.07) is 50.8. The average molecular weight is 576 g/mol. The Morgan fingerprint density at radius 2 is 0.750 bits per heavy atom. The van der Waals surface area contributed by atoms with Crippen molar-refractivity contribution < 1.29 is 9.47 Å². The van der Waals surface area contributed by atoms with Crippen LogP contribution < -0.4 is 19.3 Å². The van der Waals surface area contributed by atoms with Crippen LogP contribution in [0.4, 0.5) is 34.1 Å². The molecule has 44 heavy (non-hydrogen) atoms. The molecule has 0 bridgehead atoms. The van der Waals surface area contributed by atoms with Gasteiger partial charge in [0.15, 0.2) is 0 Å². The molecule has 0 spiro atoms. The van der Waals surface area contributed by atoms with Crippen LogP contribution in [0, 0.1) is 0 Å². The minimum Gasteiger partial charge on any atom is -0.497 e. The molecular weight excluding hydrogens is 542 g/mol. The number of aryl methyl sites for hydroxylation is 1. The van der Waals surface area contributed by atoms with Crippen LogP contribution >= 0.6 is 0 Å². The summed E-state index contributed by atoms with van der Waals surface area (Å²) in [5, 5.41) is 2.39. The van der Waals surface area contributed by atoms with E-state index in [0.717, 1.165) is 45.6 Å². The highest BCUT2D eigenvalue weighted by atomic mass is 16.5. The zero-order valence-electron chi connectivity index (χ0n) is 25.0. The summed E-state index contributed by atoms with van der Waals surface area (Å²) < 4.78 is 13.2. The van der Waals surface area contributed by atoms with Crippen LogP contribution in [0.2, 0.25) is 0 Å². The normalized spacial score (nSPS) is 11.1. The summed E-state index contributed by atoms with van der Waals surface area (Å²) in [5.41, 5.74) is 8.84. The number of aromatic nitrogens is 1. The lowest BCUT2D eigenvalue weighted by Crippen LogP contribution is -2.10. The van der Waals surface area contributed by atoms with Crippen LogP contribution in [-0.2, 0) is 7.05 Å². The Bertz CT molecular complexity index is 1890. The molecule has 0 saturated heterocycles. The molecule has 1 aromatic heterocycles. The molecule has 0 fully saturated rings. The molecule has 0 aliphatic heterocycles. The van der Waals surface area contributed by atoms with Crippen molar-refractivity contribution in [3.63, 3.8) is 0 Å². The molecular formula is C39H33N3O2. The number of benzene rings is 6. The molecule has 0 radical (unpaired) electrons. The summed E-state index contributed by atoms with van der Waals surface area (Å²) in [7, 11) is 5.53. The van der Waals surface area contributed by atoms with E-state index in [0.29, 0.717) is 0 Å². The molecule has 0 amide bonds. The van der Waals surface area contributed by atoms with Crippen molar-refractivity contribution in [1.29, 1.82) is 0 Å². The summed E-state index contributed by atoms with van der Waals surface area (Å²) in [6.07, 6.45) is 0. The van der Waals surface area contributed by atoms with Gasteiger partial charge in [-0.2, -0.15) is 0 Å². The number of para-hydroxylation sites is 2. The molecule has 0 atom stereocenters. The third-order valence-electron chi connectivity index (χ3n) is 8.18. The first-order valence-corrected chi connectivity index (χ1v) is 14.7. The lowest BCUT2D eigenvalue weighted by molar-refractivity contribution is 0.414. The zero-order chi connectivity index (χ0) is 30.0. The van der Waals surface area contributed by atoms with E-state index < -0.39 is 0 Å². The molecule has 216 valence electrons. The molecule has 7 aromatic rings. The van der Waals surface area contributed by atoms with Gasteiger partial charge in [0, 0.05) is 63.0 Å². The molecule has 6 aromatic carbocycles. The highest BCUT2D eigenvalue weighted by Gasteiger charge is 2.18. The fraction of sp³-hybridized carbons (Fsp3) is 0.0769. The van der Waals surface area contributed by atoms with Crippen LogP contribution in [0.25, 0.3) is 21.8 Å². The summed E-state index contributed by atoms with van der Waals surface area (Å²) in [5.74, 6) is 1.66. The lowest BCUT2D eigenvalue weighted by atomic mass is 10.1. The van der Waals surface area contributed by atoms with Crippen molar-refractivity contribution in [3.8, 4) is 11.5 Å². The van der Waals surface area contributed by atoms with Crippen molar-refractivity contribution in [3.05, 3.63) is 146 Å². The maximum atomic E-state index is 5.44. The molecule has 5 heteroatoms. The van der Waals surface area contributed by atoms with Gasteiger partial charge in [-0.25, -0.2) is 0 Å². The Hall–Kier alpha value is -5.68. The van der Waals surface area contributed by atoms with E-state index in [4.69, 9.17) is 9.47 Å². The Balaban J connectivity index is 1.40. The van der Waals surface area contributed by atoms with Gasteiger partial charge in [0.1, 0.15) is 11.5 Å². The van der Waals surface area contributed by atoms with Gasteiger partial charge in [-0.15, -0.1) is 0 Å². The summed E-state index contributed by atoms with van der Waals surface area (Å²) >= 11 is 0. The fourth-order valence-corrected chi connectivity index (χ4v) is 5.98. The Morgan fingerprint density at radius 1 is 0.409 bits per heavy atom. The van der Waals surface area contributed by atoms with Crippen molar-refractivity contribution >= 4 is 55.9 Å². The van der Waals surface area contributed by atoms with Crippen LogP contribution in [-0.4, -0.2) is 18.8 Å². The second kappa shape index (κ2) is 11.5. The molecule has 0 aliphatic rings. The number of anilines is 6. The molecule has 0 saturated carbocycles. The molecule has 0 unspecified atom stereocenters. The van der Waals surface area contributed by atoms with Crippen molar-refractivity contribution in [1.82, 2.24) is 4.57 Å². The fourth-order valence-electron chi connectivity index (χ4n) is 5.98. The SMILES string of the molecule is COc1ccc(N(c2ccccc2)c2ccc3c(c2)c2cc(N(c4ccccc4)c4ccc(OC)cc4)ccc2n3C)cc1. The lowest BCUT2D eigenvalue weighted by Gasteiger charge is -2.26. The average Bonchev–Trinajstić information content (AvgIpc) is 3.37. The Labute approximate surface area is 257 Å². The smallest absolute Gasteiger partial charge is 0.119 e. The number of hydrogen-bond acceptors (Lipinski definition) is 4. The number of methoxy groups -OCH3 is 2. The first kappa shape index (κ1) is 27.2. The highest BCUT2D eigenvalue weighted by Crippen LogP contribution is 2.41. The van der Waals surface area contributed by atoms with Crippen molar-refractivity contribution in [2.45, 2.75) is 0 Å². The van der Waals surface area contributed by atoms with Gasteiger partial charge in [-0.3, -0.25) is 0 Å². The molecule has 1 heterocycles. The maximum absolute atomic E-state index is 5.44. The Morgan fingerprint density at radius 3 is 1.11 bits per heavy atom. The van der Waals surface area contributed by atoms with Crippen molar-refractivity contribution in [2.75, 3.05) is 24.0 Å². The Kier molecular flexibility index (Phi) is 7.13. The minimum absolute atomic E-state index is 0.832. The van der Waals surface area contributed by atoms with Gasteiger partial charge >= 0.3 is 0 Å². The second-order valence-electron chi connectivity index (χ2n) is 10.7. The first-order chi connectivity index (χ1) is 21.6. The van der Waals surface area contributed by atoms with E-state index in [1.54, 1.807) is 14.2 Å². The predicted octanol–water partition coefficient (Wildman–Crippen LogP) is 10.3. The van der Waals surface area contributed by atoms with E-state index >= 15 is 0 Å². The van der Waals surface area contributed by atoms with E-state index in [-0.39, 0.29) is 0 Å². The van der Waals surface area contributed by atoms with Crippen molar-refractivity contribution in [2.24, 2.45) is 7.05 Å². The monoisotopic (exact) mass is 575 g/mol. The third kappa shape index (κ3) is 4.88. The van der Waals surface area contributed by atoms with Gasteiger partial charge in [-0.05, 0) is 109 Å². The van der Waals surface area contributed by atoms with Crippen LogP contribution in [0.5, 0.6) is 11.5 Å². The van der Waals surface area contributed by atoms with Crippen LogP contribution in [0.3, 0.4) is 0 Å². The molecule has 7 rings (SSSR count). The predicted molar refractivity (Wildman–Crippen MR) is 183 cm³/mol. The second-order valence-corrected chi connectivity index (χ2v) is 10.7. The summed E-state index contributed by atoms with van der Waals surface area (Å²) in [4.78, 5) is 4.57. The van der Waals surface area contributed by atoms with E-state index in [1.165, 1.54) is 21.8 Å². The van der Waals surface area contributed by atoms with Crippen LogP contribution in [0.15, 0.2) is 146 Å². The third-order valence-corrected chi connectivity index (χ3v) is 8.18. The maximum Gasteiger partial charge on any atom is 0.119 e. The minimum atomic E-state index is 0.832. The van der Waals surface area contributed by atoms with E-state index in [9.17, 15) is 0 Å². The number of fused-ring (bicyclic) bond motifs is 3. The topological polar surface area (TPSA) is 29.9 Å². The summed E-state index contributed by atoms with van der Waals surface area (Å²) in [6.45, 7) is 0. The number of ether oxygens (including phenoxy) is 2. The quantitative estimate of drug-likeness (QED) is 0.180. The van der Waals surface area contributed by atoms with E-state index in [1.807, 2.05) is 36.4 Å².